The van der Waals surface area contributed by atoms with E-state index in [9.17, 15) is 13.2 Å². The van der Waals surface area contributed by atoms with Gasteiger partial charge in [-0.25, -0.2) is 0 Å². The molecule has 0 bridgehead atoms. The summed E-state index contributed by atoms with van der Waals surface area (Å²) in [5.41, 5.74) is -2.65. The first-order chi connectivity index (χ1) is 6.82. The van der Waals surface area contributed by atoms with Crippen molar-refractivity contribution in [2.24, 2.45) is 0 Å². The lowest BCUT2D eigenvalue weighted by molar-refractivity contribution is -0.0897. The molecule has 4 nitrogen and oxygen atoms in total. The second-order valence-electron chi connectivity index (χ2n) is 2.95. The second-order valence-corrected chi connectivity index (χ2v) is 2.95. The number of halogens is 3. The first-order valence-electron chi connectivity index (χ1n) is 3.97. The number of rotatable bonds is 2. The Hall–Kier alpha value is -0.985. The zero-order valence-electron chi connectivity index (χ0n) is 7.75. The number of ether oxygens (including phenoxy) is 1. The quantitative estimate of drug-likeness (QED) is 0.574. The molecule has 1 aliphatic heterocycles. The van der Waals surface area contributed by atoms with Crippen molar-refractivity contribution in [3.05, 3.63) is 23.9 Å². The van der Waals surface area contributed by atoms with Gasteiger partial charge in [0.1, 0.15) is 0 Å². The largest absolute Gasteiger partial charge is 0.512 e. The van der Waals surface area contributed by atoms with Gasteiger partial charge in [0.2, 0.25) is 0 Å². The Morgan fingerprint density at radius 1 is 1.47 bits per heavy atom. The van der Waals surface area contributed by atoms with Crippen molar-refractivity contribution in [3.8, 4) is 0 Å². The molecule has 3 N–H and O–H groups in total. The SMILES string of the molecule is COC1(B(O)O)C=CC(C(F)(F)F)=CN1. The smallest absolute Gasteiger partial charge is 0.424 e. The molecule has 1 rings (SSSR count). The summed E-state index contributed by atoms with van der Waals surface area (Å²) >= 11 is 0. The summed E-state index contributed by atoms with van der Waals surface area (Å²) in [6, 6.07) is 0. The van der Waals surface area contributed by atoms with Crippen molar-refractivity contribution in [2.45, 2.75) is 11.8 Å². The van der Waals surface area contributed by atoms with Crippen molar-refractivity contribution in [1.29, 1.82) is 0 Å². The number of dihydropyridines is 1. The van der Waals surface area contributed by atoms with Gasteiger partial charge < -0.3 is 20.1 Å². The second kappa shape index (κ2) is 3.88. The van der Waals surface area contributed by atoms with Gasteiger partial charge in [0.15, 0.2) is 5.62 Å². The highest BCUT2D eigenvalue weighted by Gasteiger charge is 2.44. The number of hydrogen-bond donors (Lipinski definition) is 3. The molecule has 84 valence electrons. The Labute approximate surface area is 84.2 Å². The minimum Gasteiger partial charge on any atom is -0.424 e. The molecule has 0 amide bonds. The van der Waals surface area contributed by atoms with E-state index in [1.807, 2.05) is 0 Å². The lowest BCUT2D eigenvalue weighted by Gasteiger charge is -2.31. The van der Waals surface area contributed by atoms with Gasteiger partial charge in [-0.05, 0) is 12.2 Å². The topological polar surface area (TPSA) is 61.7 Å². The maximum absolute atomic E-state index is 12.2. The Morgan fingerprint density at radius 3 is 2.33 bits per heavy atom. The summed E-state index contributed by atoms with van der Waals surface area (Å²) in [6.45, 7) is 0. The van der Waals surface area contributed by atoms with Crippen LogP contribution >= 0.6 is 0 Å². The van der Waals surface area contributed by atoms with Crippen LogP contribution < -0.4 is 5.32 Å². The lowest BCUT2D eigenvalue weighted by atomic mass is 9.73. The third kappa shape index (κ3) is 2.33. The van der Waals surface area contributed by atoms with E-state index in [0.29, 0.717) is 6.20 Å². The van der Waals surface area contributed by atoms with Crippen molar-refractivity contribution in [2.75, 3.05) is 7.11 Å². The zero-order valence-corrected chi connectivity index (χ0v) is 7.75. The van der Waals surface area contributed by atoms with E-state index in [1.165, 1.54) is 0 Å². The number of hydrogen-bond acceptors (Lipinski definition) is 4. The van der Waals surface area contributed by atoms with Crippen LogP contribution in [-0.2, 0) is 4.74 Å². The van der Waals surface area contributed by atoms with E-state index in [2.05, 4.69) is 5.32 Å². The van der Waals surface area contributed by atoms with Crippen LogP contribution in [0.4, 0.5) is 13.2 Å². The van der Waals surface area contributed by atoms with E-state index in [4.69, 9.17) is 14.8 Å². The summed E-state index contributed by atoms with van der Waals surface area (Å²) in [7, 11) is -0.826. The molecular formula is C7H9BF3NO3. The molecule has 0 aromatic rings. The molecule has 0 aromatic heterocycles. The molecule has 0 aliphatic carbocycles. The van der Waals surface area contributed by atoms with Gasteiger partial charge in [-0.2, -0.15) is 13.2 Å². The van der Waals surface area contributed by atoms with Crippen molar-refractivity contribution in [1.82, 2.24) is 5.32 Å². The Morgan fingerprint density at radius 2 is 2.07 bits per heavy atom. The molecule has 0 spiro atoms. The van der Waals surface area contributed by atoms with Gasteiger partial charge in [-0.15, -0.1) is 0 Å². The van der Waals surface area contributed by atoms with Crippen LogP contribution in [0.2, 0.25) is 0 Å². The summed E-state index contributed by atoms with van der Waals surface area (Å²) in [4.78, 5) is 0. The molecule has 1 heterocycles. The van der Waals surface area contributed by atoms with Crippen molar-refractivity contribution >= 4 is 7.12 Å². The van der Waals surface area contributed by atoms with E-state index < -0.39 is 24.5 Å². The summed E-state index contributed by atoms with van der Waals surface area (Å²) in [6.07, 6.45) is -2.23. The predicted molar refractivity (Wildman–Crippen MR) is 46.3 cm³/mol. The van der Waals surface area contributed by atoms with Crippen LogP contribution in [0.5, 0.6) is 0 Å². The van der Waals surface area contributed by atoms with Crippen LogP contribution in [0.1, 0.15) is 0 Å². The van der Waals surface area contributed by atoms with Crippen molar-refractivity contribution < 1.29 is 28.0 Å². The molecule has 1 aliphatic rings. The molecule has 0 fully saturated rings. The Bertz CT molecular complexity index is 302. The minimum absolute atomic E-state index is 0.628. The normalized spacial score (nSPS) is 25.9. The molecule has 1 atom stereocenters. The highest BCUT2D eigenvalue weighted by molar-refractivity contribution is 6.46. The zero-order chi connectivity index (χ0) is 11.7. The highest BCUT2D eigenvalue weighted by atomic mass is 19.4. The van der Waals surface area contributed by atoms with Gasteiger partial charge in [0.25, 0.3) is 0 Å². The third-order valence-corrected chi connectivity index (χ3v) is 2.01. The average Bonchev–Trinajstić information content (AvgIpc) is 2.16. The van der Waals surface area contributed by atoms with E-state index in [1.54, 1.807) is 0 Å². The summed E-state index contributed by atoms with van der Waals surface area (Å²) < 4.78 is 41.2. The molecule has 0 aromatic carbocycles. The third-order valence-electron chi connectivity index (χ3n) is 2.01. The first-order valence-corrected chi connectivity index (χ1v) is 3.97. The molecule has 0 saturated carbocycles. The molecule has 0 saturated heterocycles. The van der Waals surface area contributed by atoms with Crippen LogP contribution in [0.3, 0.4) is 0 Å². The van der Waals surface area contributed by atoms with Crippen LogP contribution in [0, 0.1) is 0 Å². The van der Waals surface area contributed by atoms with Gasteiger partial charge >= 0.3 is 13.3 Å². The van der Waals surface area contributed by atoms with Crippen LogP contribution in [0.25, 0.3) is 0 Å². The maximum Gasteiger partial charge on any atom is 0.512 e. The van der Waals surface area contributed by atoms with E-state index >= 15 is 0 Å². The average molecular weight is 223 g/mol. The standard InChI is InChI=1S/C7H9BF3NO3/c1-15-6(8(13)14)3-2-5(4-12-6)7(9,10)11/h2-4,12-14H,1H3. The minimum atomic E-state index is -4.48. The monoisotopic (exact) mass is 223 g/mol. The van der Waals surface area contributed by atoms with E-state index in [-0.39, 0.29) is 0 Å². The number of allylic oxidation sites excluding steroid dienone is 2. The van der Waals surface area contributed by atoms with Crippen LogP contribution in [0.15, 0.2) is 23.9 Å². The van der Waals surface area contributed by atoms with Crippen molar-refractivity contribution in [3.63, 3.8) is 0 Å². The fourth-order valence-corrected chi connectivity index (χ4v) is 1.07. The summed E-state index contributed by atoms with van der Waals surface area (Å²) in [5, 5.41) is 20.0. The fourth-order valence-electron chi connectivity index (χ4n) is 1.07. The molecular weight excluding hydrogens is 214 g/mol. The molecule has 1 unspecified atom stereocenters. The number of nitrogens with one attached hydrogen (secondary N) is 1. The van der Waals surface area contributed by atoms with Gasteiger partial charge in [-0.3, -0.25) is 0 Å². The lowest BCUT2D eigenvalue weighted by Crippen LogP contribution is -2.57. The van der Waals surface area contributed by atoms with Gasteiger partial charge in [-0.1, -0.05) is 0 Å². The number of methoxy groups -OCH3 is 1. The molecule has 0 radical (unpaired) electrons. The maximum atomic E-state index is 12.2. The first kappa shape index (κ1) is 12.1. The molecule has 8 heteroatoms. The predicted octanol–water partition coefficient (Wildman–Crippen LogP) is -0.0533. The van der Waals surface area contributed by atoms with Crippen LogP contribution in [-0.4, -0.2) is 36.1 Å². The van der Waals surface area contributed by atoms with Gasteiger partial charge in [0, 0.05) is 13.3 Å². The van der Waals surface area contributed by atoms with E-state index in [0.717, 1.165) is 19.3 Å². The fraction of sp³-hybridized carbons (Fsp3) is 0.429. The number of alkyl halides is 3. The molecule has 15 heavy (non-hydrogen) atoms. The Balaban J connectivity index is 2.87. The Kier molecular flexibility index (Phi) is 3.12. The van der Waals surface area contributed by atoms with Gasteiger partial charge in [0.05, 0.1) is 5.57 Å². The summed E-state index contributed by atoms with van der Waals surface area (Å²) in [5.74, 6) is 0. The highest BCUT2D eigenvalue weighted by Crippen LogP contribution is 2.29.